The van der Waals surface area contributed by atoms with Crippen molar-refractivity contribution in [3.05, 3.63) is 11.8 Å². The van der Waals surface area contributed by atoms with Gasteiger partial charge in [0, 0.05) is 0 Å². The summed E-state index contributed by atoms with van der Waals surface area (Å²) in [5, 5.41) is 0. The van der Waals surface area contributed by atoms with Gasteiger partial charge in [-0.3, -0.25) is 4.79 Å². The number of hydrogen-bond acceptors (Lipinski definition) is 3. The number of halogens is 3. The van der Waals surface area contributed by atoms with Gasteiger partial charge in [0.25, 0.3) is 5.91 Å². The van der Waals surface area contributed by atoms with Crippen LogP contribution in [0.3, 0.4) is 0 Å². The Balaban J connectivity index is 4.46. The third-order valence-electron chi connectivity index (χ3n) is 0.939. The van der Waals surface area contributed by atoms with E-state index >= 15 is 0 Å². The van der Waals surface area contributed by atoms with Crippen molar-refractivity contribution in [1.29, 1.82) is 0 Å². The third kappa shape index (κ3) is 3.59. The molecule has 2 N–H and O–H groups in total. The summed E-state index contributed by atoms with van der Waals surface area (Å²) in [5.41, 5.74) is 4.59. The molecule has 0 atom stereocenters. The second kappa shape index (κ2) is 3.92. The Kier molecular flexibility index (Phi) is 3.46. The number of rotatable bonds is 2. The Morgan fingerprint density at radius 2 is 1.85 bits per heavy atom. The number of carbonyl (C=O) groups excluding carboxylic acids is 2. The lowest BCUT2D eigenvalue weighted by molar-refractivity contribution is -0.195. The van der Waals surface area contributed by atoms with Gasteiger partial charge in [-0.2, -0.15) is 13.2 Å². The standard InChI is InChI=1S/C6H6F3NO3/c1-2-3(4(10)11)13-5(12)6(7,8)9/h2H,1H3,(H2,10,11)/b3-2+. The first kappa shape index (κ1) is 11.5. The Hall–Kier alpha value is -1.53. The maximum Gasteiger partial charge on any atom is 0.491 e. The summed E-state index contributed by atoms with van der Waals surface area (Å²) in [5.74, 6) is -4.54. The molecule has 0 aromatic rings. The minimum atomic E-state index is -5.14. The number of allylic oxidation sites excluding steroid dienone is 1. The zero-order valence-electron chi connectivity index (χ0n) is 6.51. The number of esters is 1. The summed E-state index contributed by atoms with van der Waals surface area (Å²) in [6, 6.07) is 0. The normalized spacial score (nSPS) is 12.5. The van der Waals surface area contributed by atoms with Crippen LogP contribution in [0.25, 0.3) is 0 Å². The Labute approximate surface area is 71.1 Å². The maximum absolute atomic E-state index is 11.6. The molecule has 1 amide bonds. The number of primary amides is 1. The number of alkyl halides is 3. The lowest BCUT2D eigenvalue weighted by atomic mass is 10.4. The first-order valence-electron chi connectivity index (χ1n) is 3.04. The molecule has 0 radical (unpaired) electrons. The SMILES string of the molecule is C/C=C(/OC(=O)C(F)(F)F)C(N)=O. The highest BCUT2D eigenvalue weighted by Crippen LogP contribution is 2.18. The molecular weight excluding hydrogens is 191 g/mol. The van der Waals surface area contributed by atoms with E-state index < -0.39 is 23.8 Å². The molecule has 0 rings (SSSR count). The summed E-state index contributed by atoms with van der Waals surface area (Å²) in [6.45, 7) is 1.21. The molecule has 0 heterocycles. The van der Waals surface area contributed by atoms with Crippen LogP contribution in [0, 0.1) is 0 Å². The molecule has 0 spiro atoms. The molecule has 0 saturated heterocycles. The summed E-state index contributed by atoms with van der Waals surface area (Å²) in [4.78, 5) is 20.4. The van der Waals surface area contributed by atoms with Crippen LogP contribution >= 0.6 is 0 Å². The molecule has 0 bridgehead atoms. The molecule has 0 aliphatic heterocycles. The third-order valence-corrected chi connectivity index (χ3v) is 0.939. The van der Waals surface area contributed by atoms with Crippen molar-refractivity contribution in [2.75, 3.05) is 0 Å². The predicted octanol–water partition coefficient (Wildman–Crippen LogP) is 0.481. The van der Waals surface area contributed by atoms with E-state index in [9.17, 15) is 22.8 Å². The smallest absolute Gasteiger partial charge is 0.414 e. The largest absolute Gasteiger partial charge is 0.491 e. The molecule has 0 aliphatic carbocycles. The average Bonchev–Trinajstić information content (AvgIpc) is 1.96. The van der Waals surface area contributed by atoms with Crippen LogP contribution in [0.5, 0.6) is 0 Å². The Morgan fingerprint density at radius 3 is 2.08 bits per heavy atom. The summed E-state index contributed by atoms with van der Waals surface area (Å²) in [7, 11) is 0. The van der Waals surface area contributed by atoms with Crippen molar-refractivity contribution < 1.29 is 27.5 Å². The zero-order chi connectivity index (χ0) is 10.6. The van der Waals surface area contributed by atoms with Crippen LogP contribution in [0.1, 0.15) is 6.92 Å². The average molecular weight is 197 g/mol. The first-order valence-corrected chi connectivity index (χ1v) is 3.04. The summed E-state index contributed by atoms with van der Waals surface area (Å²) < 4.78 is 38.3. The molecule has 0 aliphatic rings. The number of carbonyl (C=O) groups is 2. The van der Waals surface area contributed by atoms with E-state index in [1.54, 1.807) is 0 Å². The van der Waals surface area contributed by atoms with E-state index in [-0.39, 0.29) is 0 Å². The minimum absolute atomic E-state index is 0.831. The van der Waals surface area contributed by atoms with E-state index in [1.807, 2.05) is 0 Å². The highest BCUT2D eigenvalue weighted by molar-refractivity contribution is 5.93. The zero-order valence-corrected chi connectivity index (χ0v) is 6.51. The predicted molar refractivity (Wildman–Crippen MR) is 35.1 cm³/mol. The molecule has 4 nitrogen and oxygen atoms in total. The second-order valence-electron chi connectivity index (χ2n) is 1.90. The van der Waals surface area contributed by atoms with Gasteiger partial charge in [0.1, 0.15) is 0 Å². The Bertz CT molecular complexity index is 256. The second-order valence-corrected chi connectivity index (χ2v) is 1.90. The molecular formula is C6H6F3NO3. The number of hydrogen-bond donors (Lipinski definition) is 1. The fraction of sp³-hybridized carbons (Fsp3) is 0.333. The van der Waals surface area contributed by atoms with E-state index in [0.29, 0.717) is 0 Å². The van der Waals surface area contributed by atoms with Crippen LogP contribution in [0.2, 0.25) is 0 Å². The van der Waals surface area contributed by atoms with Gasteiger partial charge < -0.3 is 10.5 Å². The van der Waals surface area contributed by atoms with Crippen LogP contribution in [0.4, 0.5) is 13.2 Å². The van der Waals surface area contributed by atoms with Gasteiger partial charge >= 0.3 is 12.1 Å². The van der Waals surface area contributed by atoms with Crippen molar-refractivity contribution in [2.24, 2.45) is 5.73 Å². The highest BCUT2D eigenvalue weighted by atomic mass is 19.4. The number of amides is 1. The summed E-state index contributed by atoms with van der Waals surface area (Å²) >= 11 is 0. The lowest BCUT2D eigenvalue weighted by Gasteiger charge is -2.06. The quantitative estimate of drug-likeness (QED) is 0.397. The highest BCUT2D eigenvalue weighted by Gasteiger charge is 2.42. The number of nitrogens with two attached hydrogens (primary N) is 1. The van der Waals surface area contributed by atoms with Gasteiger partial charge in [0.05, 0.1) is 0 Å². The van der Waals surface area contributed by atoms with E-state index in [2.05, 4.69) is 10.5 Å². The maximum atomic E-state index is 11.6. The summed E-state index contributed by atoms with van der Waals surface area (Å²) in [6.07, 6.45) is -4.27. The van der Waals surface area contributed by atoms with Crippen molar-refractivity contribution in [1.82, 2.24) is 0 Å². The molecule has 0 unspecified atom stereocenters. The molecule has 0 fully saturated rings. The fourth-order valence-electron chi connectivity index (χ4n) is 0.409. The first-order chi connectivity index (χ1) is 5.79. The Morgan fingerprint density at radius 1 is 1.38 bits per heavy atom. The van der Waals surface area contributed by atoms with Crippen LogP contribution < -0.4 is 5.73 Å². The van der Waals surface area contributed by atoms with Gasteiger partial charge in [-0.1, -0.05) is 0 Å². The van der Waals surface area contributed by atoms with Crippen LogP contribution in [-0.4, -0.2) is 18.1 Å². The molecule has 0 aromatic heterocycles. The van der Waals surface area contributed by atoms with Crippen LogP contribution in [-0.2, 0) is 14.3 Å². The van der Waals surface area contributed by atoms with Gasteiger partial charge in [0.2, 0.25) is 0 Å². The van der Waals surface area contributed by atoms with Crippen molar-refractivity contribution in [3.63, 3.8) is 0 Å². The van der Waals surface area contributed by atoms with Gasteiger partial charge in [-0.05, 0) is 13.0 Å². The van der Waals surface area contributed by atoms with Gasteiger partial charge in [-0.15, -0.1) is 0 Å². The molecule has 7 heteroatoms. The van der Waals surface area contributed by atoms with E-state index in [0.717, 1.165) is 6.08 Å². The van der Waals surface area contributed by atoms with E-state index in [4.69, 9.17) is 0 Å². The van der Waals surface area contributed by atoms with Crippen molar-refractivity contribution >= 4 is 11.9 Å². The van der Waals surface area contributed by atoms with Gasteiger partial charge in [0.15, 0.2) is 5.76 Å². The lowest BCUT2D eigenvalue weighted by Crippen LogP contribution is -2.28. The molecule has 74 valence electrons. The number of ether oxygens (including phenoxy) is 1. The van der Waals surface area contributed by atoms with Crippen molar-refractivity contribution in [3.8, 4) is 0 Å². The van der Waals surface area contributed by atoms with E-state index in [1.165, 1.54) is 6.92 Å². The fourth-order valence-corrected chi connectivity index (χ4v) is 0.409. The molecule has 0 aromatic carbocycles. The van der Waals surface area contributed by atoms with Crippen LogP contribution in [0.15, 0.2) is 11.8 Å². The minimum Gasteiger partial charge on any atom is -0.414 e. The topological polar surface area (TPSA) is 69.4 Å². The monoisotopic (exact) mass is 197 g/mol. The molecule has 0 saturated carbocycles. The van der Waals surface area contributed by atoms with Crippen molar-refractivity contribution in [2.45, 2.75) is 13.1 Å². The molecule has 13 heavy (non-hydrogen) atoms. The van der Waals surface area contributed by atoms with Gasteiger partial charge in [-0.25, -0.2) is 4.79 Å².